The molecule has 0 atom stereocenters. The van der Waals surface area contributed by atoms with Crippen LogP contribution in [0.25, 0.3) is 0 Å². The molecule has 0 aliphatic rings. The molecular formula is C10H17N3O2S. The molecule has 0 heterocycles. The summed E-state index contributed by atoms with van der Waals surface area (Å²) in [6, 6.07) is 7.40. The second kappa shape index (κ2) is 8.90. The average Bonchev–Trinajstić information content (AvgIpc) is 2.30. The Kier molecular flexibility index (Phi) is 8.14. The average molecular weight is 243 g/mol. The molecule has 5 nitrogen and oxygen atoms in total. The third-order valence-corrected chi connectivity index (χ3v) is 1.68. The molecule has 90 valence electrons. The molecule has 0 amide bonds. The lowest BCUT2D eigenvalue weighted by molar-refractivity contribution is 0.318. The van der Waals surface area contributed by atoms with Crippen LogP contribution in [0.3, 0.4) is 0 Å². The molecule has 1 aromatic carbocycles. The molecule has 16 heavy (non-hydrogen) atoms. The maximum Gasteiger partial charge on any atom is 0.185 e. The van der Waals surface area contributed by atoms with Crippen LogP contribution in [0.4, 0.5) is 5.69 Å². The van der Waals surface area contributed by atoms with Gasteiger partial charge in [0, 0.05) is 18.4 Å². The first kappa shape index (κ1) is 14.6. The number of rotatable bonds is 2. The Morgan fingerprint density at radius 2 is 2.19 bits per heavy atom. The number of hydrogen-bond donors (Lipinski definition) is 4. The summed E-state index contributed by atoms with van der Waals surface area (Å²) in [5, 5.41) is 10.8. The van der Waals surface area contributed by atoms with E-state index in [9.17, 15) is 0 Å². The SMILES string of the molecule is CCO.COc1cccc(NC(=S)NN)c1. The summed E-state index contributed by atoms with van der Waals surface area (Å²) in [7, 11) is 1.61. The van der Waals surface area contributed by atoms with Crippen LogP contribution in [-0.4, -0.2) is 23.9 Å². The molecule has 0 fully saturated rings. The summed E-state index contributed by atoms with van der Waals surface area (Å²) in [6.07, 6.45) is 0. The number of nitrogens with one attached hydrogen (secondary N) is 2. The summed E-state index contributed by atoms with van der Waals surface area (Å²) in [6.45, 7) is 1.93. The number of methoxy groups -OCH3 is 1. The lowest BCUT2D eigenvalue weighted by atomic mass is 10.3. The quantitative estimate of drug-likeness (QED) is 0.350. The molecule has 1 aromatic rings. The number of thiocarbonyl (C=S) groups is 1. The van der Waals surface area contributed by atoms with Gasteiger partial charge in [-0.15, -0.1) is 0 Å². The molecule has 0 aliphatic heterocycles. The number of benzene rings is 1. The largest absolute Gasteiger partial charge is 0.497 e. The van der Waals surface area contributed by atoms with Gasteiger partial charge in [-0.05, 0) is 31.3 Å². The van der Waals surface area contributed by atoms with Crippen LogP contribution in [0, 0.1) is 0 Å². The van der Waals surface area contributed by atoms with Crippen LogP contribution >= 0.6 is 12.2 Å². The number of aliphatic hydroxyl groups is 1. The smallest absolute Gasteiger partial charge is 0.185 e. The molecule has 0 radical (unpaired) electrons. The standard InChI is InChI=1S/C8H11N3OS.C2H6O/c1-12-7-4-2-3-6(5-7)10-8(13)11-9;1-2-3/h2-5H,9H2,1H3,(H2,10,11,13);3H,2H2,1H3. The molecule has 0 aromatic heterocycles. The molecule has 1 rings (SSSR count). The van der Waals surface area contributed by atoms with E-state index >= 15 is 0 Å². The summed E-state index contributed by atoms with van der Waals surface area (Å²) < 4.78 is 5.04. The first-order valence-electron chi connectivity index (χ1n) is 4.70. The zero-order valence-electron chi connectivity index (χ0n) is 9.36. The predicted molar refractivity (Wildman–Crippen MR) is 69.3 cm³/mol. The fourth-order valence-electron chi connectivity index (χ4n) is 0.868. The summed E-state index contributed by atoms with van der Waals surface area (Å²) in [5.41, 5.74) is 3.17. The molecule has 0 unspecified atom stereocenters. The first-order chi connectivity index (χ1) is 7.67. The van der Waals surface area contributed by atoms with E-state index in [2.05, 4.69) is 10.7 Å². The van der Waals surface area contributed by atoms with Crippen LogP contribution in [0.2, 0.25) is 0 Å². The van der Waals surface area contributed by atoms with E-state index in [1.54, 1.807) is 14.0 Å². The van der Waals surface area contributed by atoms with Gasteiger partial charge >= 0.3 is 0 Å². The minimum Gasteiger partial charge on any atom is -0.497 e. The predicted octanol–water partition coefficient (Wildman–Crippen LogP) is 0.854. The normalized spacial score (nSPS) is 8.50. The van der Waals surface area contributed by atoms with E-state index in [1.165, 1.54) is 0 Å². The van der Waals surface area contributed by atoms with Gasteiger partial charge in [0.1, 0.15) is 5.75 Å². The Morgan fingerprint density at radius 1 is 1.56 bits per heavy atom. The Bertz CT molecular complexity index is 321. The van der Waals surface area contributed by atoms with Gasteiger partial charge in [-0.3, -0.25) is 0 Å². The monoisotopic (exact) mass is 243 g/mol. The lowest BCUT2D eigenvalue weighted by Crippen LogP contribution is -2.34. The molecule has 0 aliphatic carbocycles. The van der Waals surface area contributed by atoms with Crippen molar-refractivity contribution in [2.24, 2.45) is 5.84 Å². The van der Waals surface area contributed by atoms with E-state index in [0.717, 1.165) is 11.4 Å². The number of ether oxygens (including phenoxy) is 1. The summed E-state index contributed by atoms with van der Waals surface area (Å²) >= 11 is 4.83. The Morgan fingerprint density at radius 3 is 2.69 bits per heavy atom. The summed E-state index contributed by atoms with van der Waals surface area (Å²) in [4.78, 5) is 0. The first-order valence-corrected chi connectivity index (χ1v) is 5.11. The van der Waals surface area contributed by atoms with Crippen LogP contribution in [-0.2, 0) is 0 Å². The van der Waals surface area contributed by atoms with Crippen molar-refractivity contribution >= 4 is 23.0 Å². The number of nitrogens with two attached hydrogens (primary N) is 1. The Balaban J connectivity index is 0.000000673. The number of anilines is 1. The van der Waals surface area contributed by atoms with E-state index in [0.29, 0.717) is 5.11 Å². The van der Waals surface area contributed by atoms with Crippen molar-refractivity contribution in [2.45, 2.75) is 6.92 Å². The minimum atomic E-state index is 0.250. The van der Waals surface area contributed by atoms with Crippen LogP contribution < -0.4 is 21.3 Å². The maximum atomic E-state index is 7.57. The van der Waals surface area contributed by atoms with Crippen molar-refractivity contribution in [3.8, 4) is 5.75 Å². The highest BCUT2D eigenvalue weighted by Crippen LogP contribution is 2.16. The highest BCUT2D eigenvalue weighted by atomic mass is 32.1. The number of hydrazine groups is 1. The Hall–Kier alpha value is -1.37. The van der Waals surface area contributed by atoms with Gasteiger partial charge in [0.25, 0.3) is 0 Å². The van der Waals surface area contributed by atoms with Crippen molar-refractivity contribution in [1.29, 1.82) is 0 Å². The van der Waals surface area contributed by atoms with Gasteiger partial charge < -0.3 is 20.6 Å². The second-order valence-corrected chi connectivity index (χ2v) is 3.05. The van der Waals surface area contributed by atoms with Gasteiger partial charge in [-0.25, -0.2) is 5.84 Å². The van der Waals surface area contributed by atoms with Gasteiger partial charge in [0.05, 0.1) is 7.11 Å². The van der Waals surface area contributed by atoms with Crippen LogP contribution in [0.15, 0.2) is 24.3 Å². The van der Waals surface area contributed by atoms with Crippen molar-refractivity contribution in [1.82, 2.24) is 5.43 Å². The van der Waals surface area contributed by atoms with E-state index in [1.807, 2.05) is 24.3 Å². The van der Waals surface area contributed by atoms with Crippen LogP contribution in [0.5, 0.6) is 5.75 Å². The highest BCUT2D eigenvalue weighted by Gasteiger charge is 1.96. The fraction of sp³-hybridized carbons (Fsp3) is 0.300. The summed E-state index contributed by atoms with van der Waals surface area (Å²) in [5.74, 6) is 5.87. The van der Waals surface area contributed by atoms with Crippen molar-refractivity contribution < 1.29 is 9.84 Å². The maximum absolute atomic E-state index is 7.57. The molecule has 6 heteroatoms. The van der Waals surface area contributed by atoms with Crippen molar-refractivity contribution in [3.63, 3.8) is 0 Å². The molecular weight excluding hydrogens is 226 g/mol. The third kappa shape index (κ3) is 6.18. The molecule has 5 N–H and O–H groups in total. The van der Waals surface area contributed by atoms with Crippen LogP contribution in [0.1, 0.15) is 6.92 Å². The third-order valence-electron chi connectivity index (χ3n) is 1.46. The lowest BCUT2D eigenvalue weighted by Gasteiger charge is -2.07. The molecule has 0 saturated heterocycles. The molecule has 0 bridgehead atoms. The zero-order valence-corrected chi connectivity index (χ0v) is 10.2. The van der Waals surface area contributed by atoms with Crippen molar-refractivity contribution in [2.75, 3.05) is 19.0 Å². The van der Waals surface area contributed by atoms with Gasteiger partial charge in [0.15, 0.2) is 5.11 Å². The van der Waals surface area contributed by atoms with E-state index < -0.39 is 0 Å². The Labute approximate surface area is 101 Å². The highest BCUT2D eigenvalue weighted by molar-refractivity contribution is 7.80. The molecule has 0 saturated carbocycles. The minimum absolute atomic E-state index is 0.250. The van der Waals surface area contributed by atoms with Gasteiger partial charge in [-0.2, -0.15) is 0 Å². The fourth-order valence-corrected chi connectivity index (χ4v) is 0.986. The van der Waals surface area contributed by atoms with E-state index in [-0.39, 0.29) is 6.61 Å². The number of aliphatic hydroxyl groups excluding tert-OH is 1. The second-order valence-electron chi connectivity index (χ2n) is 2.65. The number of hydrogen-bond acceptors (Lipinski definition) is 4. The van der Waals surface area contributed by atoms with Gasteiger partial charge in [-0.1, -0.05) is 6.07 Å². The topological polar surface area (TPSA) is 79.5 Å². The van der Waals surface area contributed by atoms with E-state index in [4.69, 9.17) is 27.9 Å². The van der Waals surface area contributed by atoms with Crippen molar-refractivity contribution in [3.05, 3.63) is 24.3 Å². The molecule has 0 spiro atoms. The zero-order chi connectivity index (χ0) is 12.4. The van der Waals surface area contributed by atoms with Gasteiger partial charge in [0.2, 0.25) is 0 Å².